The summed E-state index contributed by atoms with van der Waals surface area (Å²) < 4.78 is 5.13. The van der Waals surface area contributed by atoms with Crippen LogP contribution in [0.15, 0.2) is 0 Å². The summed E-state index contributed by atoms with van der Waals surface area (Å²) in [6.07, 6.45) is 1.97. The van der Waals surface area contributed by atoms with Gasteiger partial charge in [0.05, 0.1) is 13.2 Å². The van der Waals surface area contributed by atoms with Gasteiger partial charge in [-0.3, -0.25) is 0 Å². The first kappa shape index (κ1) is 12.5. The van der Waals surface area contributed by atoms with Crippen molar-refractivity contribution in [1.29, 1.82) is 0 Å². The van der Waals surface area contributed by atoms with Crippen molar-refractivity contribution in [3.05, 3.63) is 0 Å². The Hall–Kier alpha value is -0.610. The van der Waals surface area contributed by atoms with Crippen molar-refractivity contribution < 1.29 is 19.5 Å². The topological polar surface area (TPSA) is 51.0 Å². The van der Waals surface area contributed by atoms with E-state index in [2.05, 4.69) is 6.92 Å². The Morgan fingerprint density at radius 2 is 2.27 bits per heavy atom. The first-order valence-corrected chi connectivity index (χ1v) is 5.66. The van der Waals surface area contributed by atoms with Crippen LogP contribution in [0, 0.1) is 0 Å². The fraction of sp³-hybridized carbons (Fsp3) is 0.909. The minimum absolute atomic E-state index is 0.0518. The van der Waals surface area contributed by atoms with Gasteiger partial charge in [-0.15, -0.1) is 0 Å². The van der Waals surface area contributed by atoms with Crippen LogP contribution >= 0.6 is 0 Å². The number of aliphatic hydroxyl groups is 1. The summed E-state index contributed by atoms with van der Waals surface area (Å²) >= 11 is 0. The molecular formula is C11H22NO3+. The van der Waals surface area contributed by atoms with Crippen molar-refractivity contribution in [2.45, 2.75) is 45.2 Å². The molecule has 0 aromatic carbocycles. The normalized spacial score (nSPS) is 25.1. The summed E-state index contributed by atoms with van der Waals surface area (Å²) in [4.78, 5) is 12.7. The van der Waals surface area contributed by atoms with Crippen molar-refractivity contribution in [3.63, 3.8) is 0 Å². The van der Waals surface area contributed by atoms with E-state index >= 15 is 0 Å². The number of carbonyl (C=O) groups excluding carboxylic acids is 1. The van der Waals surface area contributed by atoms with E-state index in [1.165, 1.54) is 0 Å². The maximum atomic E-state index is 11.5. The zero-order valence-electron chi connectivity index (χ0n) is 9.88. The number of esters is 1. The van der Waals surface area contributed by atoms with Crippen LogP contribution in [-0.2, 0) is 9.53 Å². The third-order valence-electron chi connectivity index (χ3n) is 2.98. The second-order valence-corrected chi connectivity index (χ2v) is 4.84. The van der Waals surface area contributed by atoms with Crippen LogP contribution in [0.5, 0.6) is 0 Å². The Morgan fingerprint density at radius 1 is 1.60 bits per heavy atom. The molecule has 0 spiro atoms. The molecule has 2 atom stereocenters. The molecule has 1 fully saturated rings. The van der Waals surface area contributed by atoms with E-state index in [4.69, 9.17) is 9.84 Å². The highest BCUT2D eigenvalue weighted by Gasteiger charge is 2.55. The van der Waals surface area contributed by atoms with Gasteiger partial charge in [0.15, 0.2) is 0 Å². The van der Waals surface area contributed by atoms with Crippen LogP contribution in [0.4, 0.5) is 0 Å². The van der Waals surface area contributed by atoms with E-state index in [0.717, 1.165) is 24.3 Å². The molecule has 88 valence electrons. The first-order valence-electron chi connectivity index (χ1n) is 5.66. The Balaban J connectivity index is 2.28. The quantitative estimate of drug-likeness (QED) is 0.353. The molecule has 2 N–H and O–H groups in total. The molecule has 1 unspecified atom stereocenters. The van der Waals surface area contributed by atoms with Gasteiger partial charge in [0.25, 0.3) is 0 Å². The molecule has 1 aliphatic rings. The van der Waals surface area contributed by atoms with Gasteiger partial charge < -0.3 is 14.7 Å². The van der Waals surface area contributed by atoms with E-state index < -0.39 is 0 Å². The molecule has 0 saturated carbocycles. The largest absolute Gasteiger partial charge is 0.461 e. The standard InChI is InChI=1S/C11H21NO3/c1-4-5-6-15-10(14)9-7-12(9)11(2,3)8-13/h9,13H,4-8H2,1-3H3/p+1/t9-,12?/m0/s1. The number of aliphatic hydroxyl groups excluding tert-OH is 1. The number of quaternary nitrogens is 1. The van der Waals surface area contributed by atoms with Gasteiger partial charge in [-0.05, 0) is 20.3 Å². The lowest BCUT2D eigenvalue weighted by Gasteiger charge is -2.20. The Labute approximate surface area is 91.2 Å². The van der Waals surface area contributed by atoms with Gasteiger partial charge in [0.1, 0.15) is 12.1 Å². The van der Waals surface area contributed by atoms with Crippen molar-refractivity contribution >= 4 is 5.97 Å². The predicted molar refractivity (Wildman–Crippen MR) is 56.6 cm³/mol. The number of rotatable bonds is 6. The molecular weight excluding hydrogens is 194 g/mol. The fourth-order valence-corrected chi connectivity index (χ4v) is 1.65. The molecule has 0 amide bonds. The van der Waals surface area contributed by atoms with Gasteiger partial charge in [-0.1, -0.05) is 13.3 Å². The van der Waals surface area contributed by atoms with Crippen LogP contribution in [0.25, 0.3) is 0 Å². The smallest absolute Gasteiger partial charge is 0.371 e. The SMILES string of the molecule is CCCCOC(=O)[C@@H]1C[NH+]1C(C)(C)CO. The molecule has 15 heavy (non-hydrogen) atoms. The van der Waals surface area contributed by atoms with E-state index in [1.54, 1.807) is 0 Å². The highest BCUT2D eigenvalue weighted by molar-refractivity contribution is 5.76. The van der Waals surface area contributed by atoms with Crippen molar-refractivity contribution in [2.24, 2.45) is 0 Å². The van der Waals surface area contributed by atoms with E-state index in [-0.39, 0.29) is 24.2 Å². The minimum atomic E-state index is -0.228. The maximum absolute atomic E-state index is 11.5. The predicted octanol–water partition coefficient (Wildman–Crippen LogP) is -0.632. The van der Waals surface area contributed by atoms with Gasteiger partial charge in [-0.25, -0.2) is 4.79 Å². The summed E-state index contributed by atoms with van der Waals surface area (Å²) in [6, 6.07) is -0.0518. The maximum Gasteiger partial charge on any atom is 0.371 e. The van der Waals surface area contributed by atoms with Crippen LogP contribution in [0.3, 0.4) is 0 Å². The first-order chi connectivity index (χ1) is 7.03. The molecule has 4 nitrogen and oxygen atoms in total. The number of carbonyl (C=O) groups is 1. The fourth-order valence-electron chi connectivity index (χ4n) is 1.65. The molecule has 0 aliphatic carbocycles. The Morgan fingerprint density at radius 3 is 2.80 bits per heavy atom. The second kappa shape index (κ2) is 4.94. The zero-order valence-corrected chi connectivity index (χ0v) is 9.88. The lowest BCUT2D eigenvalue weighted by Crippen LogP contribution is -3.05. The highest BCUT2D eigenvalue weighted by atomic mass is 16.5. The molecule has 1 aliphatic heterocycles. The molecule has 1 rings (SSSR count). The molecule has 0 aromatic heterocycles. The van der Waals surface area contributed by atoms with Gasteiger partial charge in [-0.2, -0.15) is 0 Å². The molecule has 0 radical (unpaired) electrons. The Kier molecular flexibility index (Phi) is 4.11. The average molecular weight is 216 g/mol. The number of hydrogen-bond donors (Lipinski definition) is 2. The highest BCUT2D eigenvalue weighted by Crippen LogP contribution is 2.05. The van der Waals surface area contributed by atoms with E-state index in [1.807, 2.05) is 13.8 Å². The monoisotopic (exact) mass is 216 g/mol. The molecule has 4 heteroatoms. The summed E-state index contributed by atoms with van der Waals surface area (Å²) in [6.45, 7) is 7.40. The average Bonchev–Trinajstić information content (AvgIpc) is 2.98. The van der Waals surface area contributed by atoms with Crippen LogP contribution in [0.2, 0.25) is 0 Å². The Bertz CT molecular complexity index is 228. The number of nitrogens with one attached hydrogen (secondary N) is 1. The van der Waals surface area contributed by atoms with Gasteiger partial charge in [0.2, 0.25) is 6.04 Å². The van der Waals surface area contributed by atoms with Crippen molar-refractivity contribution in [1.82, 2.24) is 0 Å². The van der Waals surface area contributed by atoms with E-state index in [0.29, 0.717) is 6.61 Å². The molecule has 0 aromatic rings. The van der Waals surface area contributed by atoms with Crippen molar-refractivity contribution in [2.75, 3.05) is 19.8 Å². The van der Waals surface area contributed by atoms with Crippen LogP contribution in [-0.4, -0.2) is 42.4 Å². The number of ether oxygens (including phenoxy) is 1. The third-order valence-corrected chi connectivity index (χ3v) is 2.98. The third kappa shape index (κ3) is 3.18. The summed E-state index contributed by atoms with van der Waals surface area (Å²) in [7, 11) is 0. The summed E-state index contributed by atoms with van der Waals surface area (Å²) in [5.41, 5.74) is -0.228. The van der Waals surface area contributed by atoms with Gasteiger partial charge in [0, 0.05) is 0 Å². The van der Waals surface area contributed by atoms with Crippen LogP contribution < -0.4 is 4.90 Å². The minimum Gasteiger partial charge on any atom is -0.461 e. The summed E-state index contributed by atoms with van der Waals surface area (Å²) in [5, 5.41) is 9.15. The summed E-state index contributed by atoms with van der Waals surface area (Å²) in [5.74, 6) is -0.111. The lowest BCUT2D eigenvalue weighted by atomic mass is 10.1. The number of hydrogen-bond acceptors (Lipinski definition) is 3. The number of unbranched alkanes of at least 4 members (excludes halogenated alkanes) is 1. The van der Waals surface area contributed by atoms with E-state index in [9.17, 15) is 4.79 Å². The van der Waals surface area contributed by atoms with Crippen molar-refractivity contribution in [3.8, 4) is 0 Å². The lowest BCUT2D eigenvalue weighted by molar-refractivity contribution is -0.829. The second-order valence-electron chi connectivity index (χ2n) is 4.84. The van der Waals surface area contributed by atoms with Crippen LogP contribution in [0.1, 0.15) is 33.6 Å². The molecule has 1 saturated heterocycles. The van der Waals surface area contributed by atoms with Gasteiger partial charge >= 0.3 is 5.97 Å². The zero-order chi connectivity index (χ0) is 11.5. The molecule has 0 bridgehead atoms. The molecule has 1 heterocycles.